The van der Waals surface area contributed by atoms with Crippen LogP contribution in [0.1, 0.15) is 17.3 Å². The van der Waals surface area contributed by atoms with Crippen molar-refractivity contribution in [3.63, 3.8) is 0 Å². The summed E-state index contributed by atoms with van der Waals surface area (Å²) in [6.07, 6.45) is 0. The number of aromatic nitrogens is 1. The van der Waals surface area contributed by atoms with Crippen LogP contribution in [-0.4, -0.2) is 10.8 Å². The molecule has 0 atom stereocenters. The topological polar surface area (TPSA) is 42.0 Å². The van der Waals surface area contributed by atoms with Crippen molar-refractivity contribution in [2.24, 2.45) is 0 Å². The molecule has 0 aliphatic heterocycles. The lowest BCUT2D eigenvalue weighted by molar-refractivity contribution is 0.101. The maximum Gasteiger partial charge on any atom is 0.187 e. The minimum absolute atomic E-state index is 0.0714. The normalized spacial score (nSPS) is 10.3. The molecule has 0 aliphatic carbocycles. The highest BCUT2D eigenvalue weighted by Gasteiger charge is 2.05. The number of hydrogen-bond acceptors (Lipinski definition) is 4. The minimum atomic E-state index is 0.0714. The number of carbonyl (C=O) groups excluding carboxylic acids is 1. The number of Topliss-reactive ketones (excluding diaryl/α,β-unsaturated/α-hetero) is 1. The van der Waals surface area contributed by atoms with E-state index in [2.05, 4.69) is 10.3 Å². The van der Waals surface area contributed by atoms with E-state index >= 15 is 0 Å². The second kappa shape index (κ2) is 5.89. The Labute approximate surface area is 127 Å². The van der Waals surface area contributed by atoms with Crippen LogP contribution < -0.4 is 5.32 Å². The first-order valence-electron chi connectivity index (χ1n) is 6.61. The Kier molecular flexibility index (Phi) is 3.79. The lowest BCUT2D eigenvalue weighted by Gasteiger charge is -2.03. The van der Waals surface area contributed by atoms with Crippen molar-refractivity contribution < 1.29 is 4.79 Å². The molecule has 3 rings (SSSR count). The maximum absolute atomic E-state index is 11.2. The molecule has 0 amide bonds. The third-order valence-electron chi connectivity index (χ3n) is 3.12. The smallest absolute Gasteiger partial charge is 0.187 e. The summed E-state index contributed by atoms with van der Waals surface area (Å²) in [6, 6.07) is 17.5. The molecule has 1 aromatic heterocycles. The second-order valence-electron chi connectivity index (χ2n) is 4.66. The molecule has 0 spiro atoms. The van der Waals surface area contributed by atoms with Gasteiger partial charge in [-0.25, -0.2) is 4.98 Å². The molecule has 0 radical (unpaired) electrons. The van der Waals surface area contributed by atoms with Crippen molar-refractivity contribution in [1.82, 2.24) is 4.98 Å². The van der Waals surface area contributed by atoms with Crippen molar-refractivity contribution >= 4 is 27.9 Å². The average Bonchev–Trinajstić information content (AvgIpc) is 2.97. The highest BCUT2D eigenvalue weighted by molar-refractivity contribution is 7.14. The van der Waals surface area contributed by atoms with E-state index in [1.165, 1.54) is 0 Å². The number of nitrogens with one attached hydrogen (secondary N) is 1. The fourth-order valence-electron chi connectivity index (χ4n) is 1.98. The first-order valence-corrected chi connectivity index (χ1v) is 7.49. The number of hydrogen-bond donors (Lipinski definition) is 1. The van der Waals surface area contributed by atoms with Crippen molar-refractivity contribution in [2.45, 2.75) is 6.92 Å². The summed E-state index contributed by atoms with van der Waals surface area (Å²) in [5.74, 6) is 0.0714. The van der Waals surface area contributed by atoms with Gasteiger partial charge < -0.3 is 5.32 Å². The Morgan fingerprint density at radius 3 is 2.43 bits per heavy atom. The van der Waals surface area contributed by atoms with E-state index in [0.717, 1.165) is 22.1 Å². The predicted octanol–water partition coefficient (Wildman–Crippen LogP) is 4.76. The first-order chi connectivity index (χ1) is 10.2. The van der Waals surface area contributed by atoms with E-state index in [9.17, 15) is 4.79 Å². The SMILES string of the molecule is CC(=O)c1ccc(Nc2nc(-c3ccccc3)cs2)cc1. The molecule has 0 aliphatic rings. The molecule has 104 valence electrons. The van der Waals surface area contributed by atoms with E-state index in [1.54, 1.807) is 18.3 Å². The number of nitrogens with zero attached hydrogens (tertiary/aromatic N) is 1. The van der Waals surface area contributed by atoms with Gasteiger partial charge in [-0.2, -0.15) is 0 Å². The molecule has 0 fully saturated rings. The number of ketones is 1. The van der Waals surface area contributed by atoms with Gasteiger partial charge in [0, 0.05) is 22.2 Å². The Bertz CT molecular complexity index is 748. The molecule has 2 aromatic carbocycles. The molecule has 3 nitrogen and oxygen atoms in total. The summed E-state index contributed by atoms with van der Waals surface area (Å²) in [7, 11) is 0. The molecule has 1 N–H and O–H groups in total. The Hall–Kier alpha value is -2.46. The van der Waals surface area contributed by atoms with Crippen LogP contribution in [0.15, 0.2) is 60.0 Å². The second-order valence-corrected chi connectivity index (χ2v) is 5.52. The third kappa shape index (κ3) is 3.17. The van der Waals surface area contributed by atoms with Gasteiger partial charge >= 0.3 is 0 Å². The average molecular weight is 294 g/mol. The first kappa shape index (κ1) is 13.5. The van der Waals surface area contributed by atoms with Gasteiger partial charge in [-0.15, -0.1) is 11.3 Å². The lowest BCUT2D eigenvalue weighted by atomic mass is 10.1. The van der Waals surface area contributed by atoms with E-state index in [1.807, 2.05) is 60.0 Å². The Balaban J connectivity index is 1.77. The zero-order valence-electron chi connectivity index (χ0n) is 11.5. The van der Waals surface area contributed by atoms with Crippen LogP contribution in [0.2, 0.25) is 0 Å². The van der Waals surface area contributed by atoms with Crippen LogP contribution in [0, 0.1) is 0 Å². The number of rotatable bonds is 4. The summed E-state index contributed by atoms with van der Waals surface area (Å²) in [5, 5.41) is 6.12. The molecule has 0 saturated carbocycles. The zero-order valence-corrected chi connectivity index (χ0v) is 12.4. The van der Waals surface area contributed by atoms with Crippen molar-refractivity contribution in [3.8, 4) is 11.3 Å². The maximum atomic E-state index is 11.2. The van der Waals surface area contributed by atoms with Crippen LogP contribution >= 0.6 is 11.3 Å². The molecule has 4 heteroatoms. The molecule has 21 heavy (non-hydrogen) atoms. The predicted molar refractivity (Wildman–Crippen MR) is 87.3 cm³/mol. The fourth-order valence-corrected chi connectivity index (χ4v) is 2.72. The molecular formula is C17H14N2OS. The van der Waals surface area contributed by atoms with Gasteiger partial charge in [0.25, 0.3) is 0 Å². The van der Waals surface area contributed by atoms with E-state index in [0.29, 0.717) is 5.56 Å². The zero-order chi connectivity index (χ0) is 14.7. The number of benzene rings is 2. The molecule has 0 saturated heterocycles. The van der Waals surface area contributed by atoms with Crippen molar-refractivity contribution in [2.75, 3.05) is 5.32 Å². The van der Waals surface area contributed by atoms with Gasteiger partial charge in [0.1, 0.15) is 0 Å². The highest BCUT2D eigenvalue weighted by atomic mass is 32.1. The van der Waals surface area contributed by atoms with E-state index in [-0.39, 0.29) is 5.78 Å². The Morgan fingerprint density at radius 2 is 1.76 bits per heavy atom. The van der Waals surface area contributed by atoms with Gasteiger partial charge in [0.05, 0.1) is 5.69 Å². The molecule has 0 bridgehead atoms. The third-order valence-corrected chi connectivity index (χ3v) is 3.87. The van der Waals surface area contributed by atoms with Crippen LogP contribution in [0.5, 0.6) is 0 Å². The number of thiazole rings is 1. The quantitative estimate of drug-likeness (QED) is 0.706. The van der Waals surface area contributed by atoms with E-state index in [4.69, 9.17) is 0 Å². The van der Waals surface area contributed by atoms with Crippen LogP contribution in [0.3, 0.4) is 0 Å². The standard InChI is InChI=1S/C17H14N2OS/c1-12(20)13-7-9-15(10-8-13)18-17-19-16(11-21-17)14-5-3-2-4-6-14/h2-11H,1H3,(H,18,19). The fraction of sp³-hybridized carbons (Fsp3) is 0.0588. The van der Waals surface area contributed by atoms with Crippen LogP contribution in [-0.2, 0) is 0 Å². The van der Waals surface area contributed by atoms with Gasteiger partial charge in [0.2, 0.25) is 0 Å². The highest BCUT2D eigenvalue weighted by Crippen LogP contribution is 2.27. The largest absolute Gasteiger partial charge is 0.332 e. The van der Waals surface area contributed by atoms with Crippen molar-refractivity contribution in [3.05, 3.63) is 65.5 Å². The number of anilines is 2. The molecule has 0 unspecified atom stereocenters. The summed E-state index contributed by atoms with van der Waals surface area (Å²) in [6.45, 7) is 1.56. The number of carbonyl (C=O) groups is 1. The van der Waals surface area contributed by atoms with Crippen LogP contribution in [0.4, 0.5) is 10.8 Å². The van der Waals surface area contributed by atoms with Crippen molar-refractivity contribution in [1.29, 1.82) is 0 Å². The summed E-state index contributed by atoms with van der Waals surface area (Å²) >= 11 is 1.56. The van der Waals surface area contributed by atoms with Gasteiger partial charge in [-0.3, -0.25) is 4.79 Å². The van der Waals surface area contributed by atoms with Gasteiger partial charge in [0.15, 0.2) is 10.9 Å². The monoisotopic (exact) mass is 294 g/mol. The minimum Gasteiger partial charge on any atom is -0.332 e. The summed E-state index contributed by atoms with van der Waals surface area (Å²) < 4.78 is 0. The summed E-state index contributed by atoms with van der Waals surface area (Å²) in [5.41, 5.74) is 3.70. The molecular weight excluding hydrogens is 280 g/mol. The Morgan fingerprint density at radius 1 is 1.05 bits per heavy atom. The van der Waals surface area contributed by atoms with Gasteiger partial charge in [-0.05, 0) is 31.2 Å². The van der Waals surface area contributed by atoms with E-state index < -0.39 is 0 Å². The molecule has 3 aromatic rings. The lowest BCUT2D eigenvalue weighted by Crippen LogP contribution is -1.93. The molecule has 1 heterocycles. The van der Waals surface area contributed by atoms with Gasteiger partial charge in [-0.1, -0.05) is 30.3 Å². The van der Waals surface area contributed by atoms with Crippen LogP contribution in [0.25, 0.3) is 11.3 Å². The summed E-state index contributed by atoms with van der Waals surface area (Å²) in [4.78, 5) is 15.8.